The van der Waals surface area contributed by atoms with E-state index in [9.17, 15) is 0 Å². The molecule has 2 atom stereocenters. The summed E-state index contributed by atoms with van der Waals surface area (Å²) in [6.45, 7) is 5.98. The summed E-state index contributed by atoms with van der Waals surface area (Å²) in [5.74, 6) is 0.134. The highest BCUT2D eigenvalue weighted by atomic mass is 16.4. The number of nitrogens with one attached hydrogen (secondary N) is 1. The monoisotopic (exact) mass is 417 g/mol. The number of benzene rings is 1. The number of hydrogen-bond acceptors (Lipinski definition) is 5. The molecule has 0 amide bonds. The van der Waals surface area contributed by atoms with Gasteiger partial charge in [-0.05, 0) is 61.9 Å². The maximum absolute atomic E-state index is 9.01. The smallest absolute Gasteiger partial charge is 0.170 e. The zero-order valence-corrected chi connectivity index (χ0v) is 18.3. The van der Waals surface area contributed by atoms with E-state index in [2.05, 4.69) is 58.5 Å². The molecule has 2 unspecified atom stereocenters. The Kier molecular flexibility index (Phi) is 6.37. The summed E-state index contributed by atoms with van der Waals surface area (Å²) in [4.78, 5) is 7.11. The molecule has 1 aromatic carbocycles. The molecule has 0 bridgehead atoms. The molecule has 0 saturated carbocycles. The minimum Gasteiger partial charge on any atom is -0.409 e. The predicted octanol–water partition coefficient (Wildman–Crippen LogP) is 4.01. The van der Waals surface area contributed by atoms with Crippen molar-refractivity contribution in [3.63, 3.8) is 0 Å². The molecule has 1 fully saturated rings. The van der Waals surface area contributed by atoms with E-state index in [1.807, 2.05) is 30.5 Å². The summed E-state index contributed by atoms with van der Waals surface area (Å²) in [7, 11) is 0. The van der Waals surface area contributed by atoms with Crippen LogP contribution in [0.1, 0.15) is 54.6 Å². The molecule has 31 heavy (non-hydrogen) atoms. The molecule has 6 heteroatoms. The van der Waals surface area contributed by atoms with Crippen molar-refractivity contribution in [2.75, 3.05) is 6.54 Å². The molecule has 2 aromatic rings. The van der Waals surface area contributed by atoms with Gasteiger partial charge in [0.05, 0.1) is 11.7 Å². The maximum Gasteiger partial charge on any atom is 0.170 e. The second kappa shape index (κ2) is 9.35. The van der Waals surface area contributed by atoms with E-state index in [4.69, 9.17) is 10.9 Å². The quantitative estimate of drug-likeness (QED) is 0.296. The van der Waals surface area contributed by atoms with E-state index >= 15 is 0 Å². The summed E-state index contributed by atoms with van der Waals surface area (Å²) in [5, 5.41) is 16.0. The summed E-state index contributed by atoms with van der Waals surface area (Å²) in [6, 6.07) is 12.6. The fourth-order valence-electron chi connectivity index (χ4n) is 4.77. The highest BCUT2D eigenvalue weighted by molar-refractivity contribution is 5.97. The largest absolute Gasteiger partial charge is 0.409 e. The Morgan fingerprint density at radius 3 is 2.87 bits per heavy atom. The van der Waals surface area contributed by atoms with Crippen LogP contribution >= 0.6 is 0 Å². The number of hydrogen-bond donors (Lipinski definition) is 3. The normalized spacial score (nSPS) is 22.1. The third-order valence-corrected chi connectivity index (χ3v) is 6.24. The summed E-state index contributed by atoms with van der Waals surface area (Å²) in [5.41, 5.74) is 12.7. The molecule has 0 aliphatic carbocycles. The highest BCUT2D eigenvalue weighted by Gasteiger charge is 2.30. The lowest BCUT2D eigenvalue weighted by atomic mass is 9.90. The maximum atomic E-state index is 9.01. The van der Waals surface area contributed by atoms with Crippen LogP contribution in [0.15, 0.2) is 71.2 Å². The molecular formula is C25H31N5O. The molecule has 0 spiro atoms. The Balaban J connectivity index is 1.57. The van der Waals surface area contributed by atoms with Crippen molar-refractivity contribution in [2.24, 2.45) is 10.9 Å². The average molecular weight is 418 g/mol. The number of nitrogens with zero attached hydrogens (tertiary/aromatic N) is 3. The van der Waals surface area contributed by atoms with E-state index in [0.29, 0.717) is 0 Å². The SMILES string of the molecule is CC1=C(C2CCCC(c3ncccc3C)N2)N(Cc2cccc(C(N)=NO)c2)CC=C1. The summed E-state index contributed by atoms with van der Waals surface area (Å²) in [6.07, 6.45) is 9.74. The van der Waals surface area contributed by atoms with Crippen LogP contribution in [0, 0.1) is 6.92 Å². The number of piperidine rings is 1. The topological polar surface area (TPSA) is 86.8 Å². The Bertz CT molecular complexity index is 1030. The van der Waals surface area contributed by atoms with Crippen LogP contribution in [0.4, 0.5) is 0 Å². The van der Waals surface area contributed by atoms with Crippen LogP contribution < -0.4 is 11.1 Å². The van der Waals surface area contributed by atoms with Crippen LogP contribution in [-0.4, -0.2) is 33.5 Å². The van der Waals surface area contributed by atoms with Gasteiger partial charge >= 0.3 is 0 Å². The fourth-order valence-corrected chi connectivity index (χ4v) is 4.77. The van der Waals surface area contributed by atoms with Gasteiger partial charge in [-0.2, -0.15) is 0 Å². The first-order chi connectivity index (χ1) is 15.1. The van der Waals surface area contributed by atoms with Crippen molar-refractivity contribution in [2.45, 2.75) is 51.7 Å². The number of nitrogens with two attached hydrogens (primary N) is 1. The first kappa shape index (κ1) is 21.1. The first-order valence-electron chi connectivity index (χ1n) is 10.9. The molecule has 3 heterocycles. The van der Waals surface area contributed by atoms with E-state index < -0.39 is 0 Å². The Morgan fingerprint density at radius 1 is 1.23 bits per heavy atom. The molecule has 6 nitrogen and oxygen atoms in total. The van der Waals surface area contributed by atoms with Gasteiger partial charge in [-0.25, -0.2) is 0 Å². The molecular weight excluding hydrogens is 386 g/mol. The zero-order valence-electron chi connectivity index (χ0n) is 18.3. The van der Waals surface area contributed by atoms with Crippen LogP contribution in [0.25, 0.3) is 0 Å². The molecule has 1 aromatic heterocycles. The van der Waals surface area contributed by atoms with Gasteiger partial charge in [0.1, 0.15) is 0 Å². The van der Waals surface area contributed by atoms with Gasteiger partial charge < -0.3 is 21.2 Å². The highest BCUT2D eigenvalue weighted by Crippen LogP contribution is 2.32. The minimum absolute atomic E-state index is 0.134. The first-order valence-corrected chi connectivity index (χ1v) is 10.9. The molecule has 4 N–H and O–H groups in total. The standard InChI is InChI=1S/C25H31N5O/c1-17-7-5-13-27-23(17)21-11-4-12-22(28-21)24-18(2)8-6-14-30(24)16-19-9-3-10-20(15-19)25(26)29-31/h3,5-10,13,15,21-22,28,31H,4,11-12,14,16H2,1-2H3,(H2,26,29). The molecule has 2 aliphatic rings. The van der Waals surface area contributed by atoms with Crippen LogP contribution in [0.2, 0.25) is 0 Å². The van der Waals surface area contributed by atoms with Crippen LogP contribution in [0.5, 0.6) is 0 Å². The van der Waals surface area contributed by atoms with Crippen LogP contribution in [-0.2, 0) is 6.54 Å². The lowest BCUT2D eigenvalue weighted by molar-refractivity contribution is 0.267. The summed E-state index contributed by atoms with van der Waals surface area (Å²) >= 11 is 0. The van der Waals surface area contributed by atoms with E-state index in [1.165, 1.54) is 23.3 Å². The number of aromatic nitrogens is 1. The number of aryl methyl sites for hydroxylation is 1. The van der Waals surface area contributed by atoms with Gasteiger partial charge in [0.25, 0.3) is 0 Å². The van der Waals surface area contributed by atoms with Gasteiger partial charge in [0, 0.05) is 36.6 Å². The average Bonchev–Trinajstić information content (AvgIpc) is 2.79. The van der Waals surface area contributed by atoms with E-state index in [0.717, 1.165) is 42.8 Å². The third kappa shape index (κ3) is 4.64. The van der Waals surface area contributed by atoms with Crippen LogP contribution in [0.3, 0.4) is 0 Å². The van der Waals surface area contributed by atoms with E-state index in [1.54, 1.807) is 0 Å². The Labute approximate surface area is 184 Å². The van der Waals surface area contributed by atoms with Crippen molar-refractivity contribution in [1.29, 1.82) is 0 Å². The van der Waals surface area contributed by atoms with Crippen molar-refractivity contribution >= 4 is 5.84 Å². The Morgan fingerprint density at radius 2 is 2.06 bits per heavy atom. The molecule has 1 saturated heterocycles. The molecule has 4 rings (SSSR count). The van der Waals surface area contributed by atoms with E-state index in [-0.39, 0.29) is 17.9 Å². The third-order valence-electron chi connectivity index (χ3n) is 6.24. The van der Waals surface area contributed by atoms with Crippen molar-refractivity contribution in [1.82, 2.24) is 15.2 Å². The van der Waals surface area contributed by atoms with Crippen molar-refractivity contribution in [3.8, 4) is 0 Å². The number of amidine groups is 1. The fraction of sp³-hybridized carbons (Fsp3) is 0.360. The summed E-state index contributed by atoms with van der Waals surface area (Å²) < 4.78 is 0. The number of oxime groups is 1. The second-order valence-electron chi connectivity index (χ2n) is 8.45. The van der Waals surface area contributed by atoms with Gasteiger partial charge in [-0.1, -0.05) is 41.6 Å². The van der Waals surface area contributed by atoms with Crippen molar-refractivity contribution in [3.05, 3.63) is 88.4 Å². The van der Waals surface area contributed by atoms with Gasteiger partial charge in [0.15, 0.2) is 5.84 Å². The lowest BCUT2D eigenvalue weighted by Crippen LogP contribution is -2.44. The van der Waals surface area contributed by atoms with Crippen molar-refractivity contribution < 1.29 is 5.21 Å². The molecule has 2 aliphatic heterocycles. The predicted molar refractivity (Wildman–Crippen MR) is 124 cm³/mol. The Hall–Kier alpha value is -3.12. The van der Waals surface area contributed by atoms with Gasteiger partial charge in [-0.3, -0.25) is 4.98 Å². The number of allylic oxidation sites excluding steroid dienone is 2. The minimum atomic E-state index is 0.134. The second-order valence-corrected chi connectivity index (χ2v) is 8.45. The lowest BCUT2D eigenvalue weighted by Gasteiger charge is -2.40. The molecule has 162 valence electrons. The number of pyridine rings is 1. The zero-order chi connectivity index (χ0) is 21.8. The van der Waals surface area contributed by atoms with Gasteiger partial charge in [0.2, 0.25) is 0 Å². The molecule has 0 radical (unpaired) electrons. The van der Waals surface area contributed by atoms with Gasteiger partial charge in [-0.15, -0.1) is 0 Å². The number of rotatable bonds is 5.